The topological polar surface area (TPSA) is 72.3 Å². The fourth-order valence-electron chi connectivity index (χ4n) is 7.89. The van der Waals surface area contributed by atoms with Gasteiger partial charge in [-0.05, 0) is 59.1 Å². The van der Waals surface area contributed by atoms with Crippen molar-refractivity contribution < 1.29 is 22.3 Å². The third-order valence-corrected chi connectivity index (χ3v) is 10.6. The molecule has 7 nitrogen and oxygen atoms in total. The Bertz CT molecular complexity index is 1600. The summed E-state index contributed by atoms with van der Waals surface area (Å²) in [5, 5.41) is 3.61. The molecule has 0 aliphatic carbocycles. The van der Waals surface area contributed by atoms with Crippen molar-refractivity contribution in [1.82, 2.24) is 19.4 Å². The van der Waals surface area contributed by atoms with Crippen molar-refractivity contribution in [2.24, 2.45) is 5.92 Å². The Hall–Kier alpha value is -3.05. The van der Waals surface area contributed by atoms with E-state index >= 15 is 17.6 Å². The van der Waals surface area contributed by atoms with E-state index in [2.05, 4.69) is 20.2 Å². The van der Waals surface area contributed by atoms with E-state index in [0.29, 0.717) is 30.4 Å². The molecule has 4 aliphatic rings. The van der Waals surface area contributed by atoms with E-state index in [4.69, 9.17) is 4.74 Å². The molecular weight excluding hydrogens is 598 g/mol. The molecule has 2 unspecified atom stereocenters. The zero-order valence-electron chi connectivity index (χ0n) is 27.0. The molecule has 0 saturated carbocycles. The number of pyridine rings is 1. The Morgan fingerprint density at radius 3 is 2.30 bits per heavy atom. The van der Waals surface area contributed by atoms with Gasteiger partial charge >= 0.3 is 0 Å². The highest BCUT2D eigenvalue weighted by atomic mass is 19.3. The van der Waals surface area contributed by atoms with Crippen LogP contribution in [0.3, 0.4) is 0 Å². The molecule has 3 atom stereocenters. The fraction of sp³-hybridized carbons (Fsp3) is 0.629. The predicted octanol–water partition coefficient (Wildman–Crippen LogP) is 7.62. The molecule has 8 bridgehead atoms. The Balaban J connectivity index is 1.44. The number of rotatable bonds is 1. The van der Waals surface area contributed by atoms with Gasteiger partial charge in [-0.2, -0.15) is 0 Å². The zero-order valence-corrected chi connectivity index (χ0v) is 27.0. The minimum absolute atomic E-state index is 0.0350. The molecule has 46 heavy (non-hydrogen) atoms. The first-order chi connectivity index (χ1) is 22.0. The number of nitrogens with zero attached hydrogens (tertiary/aromatic N) is 4. The van der Waals surface area contributed by atoms with Gasteiger partial charge in [0.05, 0.1) is 22.6 Å². The van der Waals surface area contributed by atoms with E-state index in [-0.39, 0.29) is 55.1 Å². The minimum Gasteiger partial charge on any atom is -0.381 e. The lowest BCUT2D eigenvalue weighted by Gasteiger charge is -2.45. The number of piperidine rings is 1. The van der Waals surface area contributed by atoms with Crippen molar-refractivity contribution in [3.63, 3.8) is 0 Å². The summed E-state index contributed by atoms with van der Waals surface area (Å²) in [7, 11) is 0. The van der Waals surface area contributed by atoms with Crippen molar-refractivity contribution >= 4 is 16.9 Å². The van der Waals surface area contributed by atoms with Crippen LogP contribution in [0.2, 0.25) is 0 Å². The van der Waals surface area contributed by atoms with Crippen LogP contribution in [-0.2, 0) is 22.9 Å². The van der Waals surface area contributed by atoms with Crippen LogP contribution < -0.4 is 10.9 Å². The van der Waals surface area contributed by atoms with Gasteiger partial charge in [-0.15, -0.1) is 0 Å². The summed E-state index contributed by atoms with van der Waals surface area (Å²) in [6.07, 6.45) is 6.50. The van der Waals surface area contributed by atoms with Crippen molar-refractivity contribution in [3.8, 4) is 0 Å². The van der Waals surface area contributed by atoms with Crippen LogP contribution in [0.4, 0.5) is 23.4 Å². The largest absolute Gasteiger partial charge is 0.381 e. The van der Waals surface area contributed by atoms with Gasteiger partial charge in [0.15, 0.2) is 0 Å². The van der Waals surface area contributed by atoms with Crippen LogP contribution in [0.5, 0.6) is 0 Å². The summed E-state index contributed by atoms with van der Waals surface area (Å²) < 4.78 is 71.8. The zero-order chi connectivity index (χ0) is 32.6. The maximum atomic E-state index is 16.4. The van der Waals surface area contributed by atoms with Crippen LogP contribution in [0.1, 0.15) is 101 Å². The van der Waals surface area contributed by atoms with Crippen LogP contribution in [0.15, 0.2) is 35.4 Å². The van der Waals surface area contributed by atoms with Crippen molar-refractivity contribution in [2.75, 3.05) is 25.1 Å². The molecule has 1 aromatic carbocycles. The third-order valence-electron chi connectivity index (χ3n) is 10.6. The maximum Gasteiger partial charge on any atom is 0.278 e. The van der Waals surface area contributed by atoms with Crippen LogP contribution >= 0.6 is 0 Å². The molecule has 0 amide bonds. The lowest BCUT2D eigenvalue weighted by Crippen LogP contribution is -2.50. The molecule has 11 heteroatoms. The average Bonchev–Trinajstić information content (AvgIpc) is 3.02. The maximum absolute atomic E-state index is 16.4. The number of hydrogen-bond acceptors (Lipinski definition) is 6. The Morgan fingerprint density at radius 1 is 0.913 bits per heavy atom. The third kappa shape index (κ3) is 6.17. The second kappa shape index (κ2) is 13.2. The van der Waals surface area contributed by atoms with Crippen molar-refractivity contribution in [1.29, 1.82) is 0 Å². The van der Waals surface area contributed by atoms with Gasteiger partial charge in [0, 0.05) is 56.2 Å². The highest BCUT2D eigenvalue weighted by molar-refractivity contribution is 5.87. The Kier molecular flexibility index (Phi) is 9.45. The molecule has 2 fully saturated rings. The van der Waals surface area contributed by atoms with Crippen molar-refractivity contribution in [3.05, 3.63) is 63.5 Å². The highest BCUT2D eigenvalue weighted by Crippen LogP contribution is 2.46. The number of benzene rings is 1. The molecule has 6 heterocycles. The van der Waals surface area contributed by atoms with Gasteiger partial charge in [0.2, 0.25) is 0 Å². The minimum atomic E-state index is -3.35. The number of hydrogen-bond donors (Lipinski definition) is 1. The lowest BCUT2D eigenvalue weighted by atomic mass is 9.79. The van der Waals surface area contributed by atoms with Gasteiger partial charge in [0.25, 0.3) is 11.5 Å². The molecule has 7 rings (SSSR count). The normalized spacial score (nSPS) is 28.8. The highest BCUT2D eigenvalue weighted by Gasteiger charge is 2.48. The molecule has 0 spiro atoms. The number of aromatic nitrogens is 3. The second-order valence-electron chi connectivity index (χ2n) is 13.6. The summed E-state index contributed by atoms with van der Waals surface area (Å²) >= 11 is 0. The average molecular weight is 644 g/mol. The number of ether oxygens (including phenoxy) is 1. The number of aryl methyl sites for hydroxylation is 1. The fourth-order valence-corrected chi connectivity index (χ4v) is 7.89. The van der Waals surface area contributed by atoms with Crippen LogP contribution in [-0.4, -0.2) is 51.3 Å². The molecule has 2 saturated heterocycles. The first kappa shape index (κ1) is 32.9. The Labute approximate surface area is 267 Å². The molecule has 250 valence electrons. The van der Waals surface area contributed by atoms with E-state index in [1.54, 1.807) is 6.92 Å². The number of alkyl halides is 3. The second-order valence-corrected chi connectivity index (χ2v) is 13.6. The summed E-state index contributed by atoms with van der Waals surface area (Å²) in [5.41, 5.74) is -2.41. The number of fused-ring (bicyclic) bond motifs is 9. The quantitative estimate of drug-likeness (QED) is 0.275. The Morgan fingerprint density at radius 2 is 1.59 bits per heavy atom. The van der Waals surface area contributed by atoms with Gasteiger partial charge in [0.1, 0.15) is 29.3 Å². The molecule has 3 aromatic rings. The molecule has 1 N–H and O–H groups in total. The lowest BCUT2D eigenvalue weighted by molar-refractivity contribution is -0.107. The standard InChI is InChI=1S/C35H45F4N5O2/c1-22-18-25-19-23(2)43(22)14-7-5-4-6-8-15-44-32-27(20-29(33(44)45)34(37)12-16-46-17-13-34)31(40-21-41-32)42-24(3)26-10-9-11-28(30(26)36)35(25,38)39/h9-11,20-25H,4-8,12-19H2,1-3H3,(H,40,41,42)/t22?,23?,24-,25?/m1/s1. The molecule has 2 aromatic heterocycles. The van der Waals surface area contributed by atoms with Gasteiger partial charge in [-0.1, -0.05) is 37.5 Å². The first-order valence-electron chi connectivity index (χ1n) is 16.9. The molecule has 0 radical (unpaired) electrons. The van der Waals surface area contributed by atoms with E-state index < -0.39 is 40.5 Å². The molecule has 4 aliphatic heterocycles. The van der Waals surface area contributed by atoms with Gasteiger partial charge in [-0.3, -0.25) is 14.3 Å². The number of nitrogens with one attached hydrogen (secondary N) is 1. The monoisotopic (exact) mass is 643 g/mol. The van der Waals surface area contributed by atoms with Crippen LogP contribution in [0.25, 0.3) is 11.0 Å². The SMILES string of the molecule is CC1CC2CC(C)N1CCCCCCCn1c(=O)c(C3(F)CCOCC3)cc3c(ncnc31)N[C@H](C)c1cccc(c1F)C2(F)F. The summed E-state index contributed by atoms with van der Waals surface area (Å²) in [4.78, 5) is 25.0. The first-order valence-corrected chi connectivity index (χ1v) is 16.9. The summed E-state index contributed by atoms with van der Waals surface area (Å²) in [6, 6.07) is 4.83. The summed E-state index contributed by atoms with van der Waals surface area (Å²) in [5.74, 6) is -4.99. The van der Waals surface area contributed by atoms with Gasteiger partial charge in [-0.25, -0.2) is 27.5 Å². The predicted molar refractivity (Wildman–Crippen MR) is 170 cm³/mol. The number of anilines is 1. The van der Waals surface area contributed by atoms with Crippen molar-refractivity contribution in [2.45, 2.75) is 115 Å². The smallest absolute Gasteiger partial charge is 0.278 e. The van der Waals surface area contributed by atoms with E-state index in [1.807, 2.05) is 13.8 Å². The molecular formula is C35H45F4N5O2. The number of halogens is 4. The van der Waals surface area contributed by atoms with Gasteiger partial charge < -0.3 is 10.1 Å². The van der Waals surface area contributed by atoms with E-state index in [0.717, 1.165) is 38.6 Å². The van der Waals surface area contributed by atoms with E-state index in [9.17, 15) is 4.79 Å². The summed E-state index contributed by atoms with van der Waals surface area (Å²) in [6.45, 7) is 7.28. The van der Waals surface area contributed by atoms with Crippen LogP contribution in [0, 0.1) is 11.7 Å². The van der Waals surface area contributed by atoms with E-state index in [1.165, 1.54) is 35.2 Å².